The molecule has 0 bridgehead atoms. The van der Waals surface area contributed by atoms with Gasteiger partial charge in [-0.05, 0) is 66.6 Å². The Morgan fingerprint density at radius 2 is 1.87 bits per heavy atom. The third-order valence-corrected chi connectivity index (χ3v) is 6.15. The lowest BCUT2D eigenvalue weighted by molar-refractivity contribution is 0.303. The SMILES string of the molecule is Nc1ccc(-c2cc(F)ccc2Cl)nn1.c1cncc(CN2C[C@H]3CCC[C@H]3C2)c1. The average Bonchev–Trinajstić information content (AvgIpc) is 3.34. The number of aromatic nitrogens is 3. The van der Waals surface area contributed by atoms with Crippen molar-refractivity contribution < 1.29 is 4.39 Å². The van der Waals surface area contributed by atoms with Gasteiger partial charge in [-0.1, -0.05) is 24.1 Å². The number of rotatable bonds is 3. The lowest BCUT2D eigenvalue weighted by Crippen LogP contribution is -2.21. The van der Waals surface area contributed by atoms with E-state index in [1.807, 2.05) is 18.5 Å². The second-order valence-electron chi connectivity index (χ2n) is 7.97. The van der Waals surface area contributed by atoms with Crippen LogP contribution in [-0.4, -0.2) is 33.2 Å². The van der Waals surface area contributed by atoms with Gasteiger partial charge in [-0.25, -0.2) is 4.39 Å². The molecule has 5 nitrogen and oxygen atoms in total. The van der Waals surface area contributed by atoms with Crippen LogP contribution in [0.15, 0.2) is 54.9 Å². The highest BCUT2D eigenvalue weighted by Gasteiger charge is 2.35. The molecule has 30 heavy (non-hydrogen) atoms. The van der Waals surface area contributed by atoms with E-state index < -0.39 is 0 Å². The fourth-order valence-electron chi connectivity index (χ4n) is 4.39. The number of fused-ring (bicyclic) bond motifs is 1. The summed E-state index contributed by atoms with van der Waals surface area (Å²) in [5.74, 6) is 1.95. The van der Waals surface area contributed by atoms with Gasteiger partial charge < -0.3 is 5.73 Å². The Bertz CT molecular complexity index is 955. The second-order valence-corrected chi connectivity index (χ2v) is 8.38. The Morgan fingerprint density at radius 1 is 1.07 bits per heavy atom. The maximum Gasteiger partial charge on any atom is 0.146 e. The van der Waals surface area contributed by atoms with Crippen LogP contribution in [0.25, 0.3) is 11.3 Å². The van der Waals surface area contributed by atoms with Crippen LogP contribution in [0.2, 0.25) is 5.02 Å². The molecule has 5 rings (SSSR count). The zero-order valence-electron chi connectivity index (χ0n) is 16.7. The Kier molecular flexibility index (Phi) is 6.55. The molecule has 2 fully saturated rings. The van der Waals surface area contributed by atoms with E-state index in [0.29, 0.717) is 22.1 Å². The van der Waals surface area contributed by atoms with Gasteiger partial charge in [0.2, 0.25) is 0 Å². The van der Waals surface area contributed by atoms with Crippen molar-refractivity contribution >= 4 is 17.4 Å². The third-order valence-electron chi connectivity index (χ3n) is 5.82. The van der Waals surface area contributed by atoms with E-state index in [1.165, 1.54) is 56.1 Å². The number of nitrogen functional groups attached to an aromatic ring is 1. The Hall–Kier alpha value is -2.57. The minimum Gasteiger partial charge on any atom is -0.382 e. The van der Waals surface area contributed by atoms with Crippen molar-refractivity contribution in [3.63, 3.8) is 0 Å². The van der Waals surface area contributed by atoms with Crippen LogP contribution in [0.4, 0.5) is 10.2 Å². The zero-order chi connectivity index (χ0) is 20.9. The van der Waals surface area contributed by atoms with Gasteiger partial charge >= 0.3 is 0 Å². The van der Waals surface area contributed by atoms with Crippen molar-refractivity contribution in [2.75, 3.05) is 18.8 Å². The van der Waals surface area contributed by atoms with E-state index in [2.05, 4.69) is 26.1 Å². The van der Waals surface area contributed by atoms with Gasteiger partial charge in [0.05, 0.1) is 10.7 Å². The fraction of sp³-hybridized carbons (Fsp3) is 0.348. The molecule has 2 atom stereocenters. The number of anilines is 1. The Balaban J connectivity index is 0.000000145. The molecule has 1 saturated carbocycles. The normalized spacial score (nSPS) is 20.5. The van der Waals surface area contributed by atoms with Gasteiger partial charge in [0.25, 0.3) is 0 Å². The largest absolute Gasteiger partial charge is 0.382 e. The summed E-state index contributed by atoms with van der Waals surface area (Å²) in [6.07, 6.45) is 8.24. The molecule has 3 heterocycles. The van der Waals surface area contributed by atoms with E-state index in [1.54, 1.807) is 12.1 Å². The van der Waals surface area contributed by atoms with Crippen LogP contribution >= 0.6 is 11.6 Å². The lowest BCUT2D eigenvalue weighted by Gasteiger charge is -2.16. The summed E-state index contributed by atoms with van der Waals surface area (Å²) in [6.45, 7) is 3.74. The number of likely N-dealkylation sites (tertiary alicyclic amines) is 1. The van der Waals surface area contributed by atoms with E-state index in [9.17, 15) is 4.39 Å². The molecule has 2 aliphatic rings. The summed E-state index contributed by atoms with van der Waals surface area (Å²) in [6, 6.07) is 11.5. The van der Waals surface area contributed by atoms with E-state index in [4.69, 9.17) is 17.3 Å². The Labute approximate surface area is 181 Å². The smallest absolute Gasteiger partial charge is 0.146 e. The van der Waals surface area contributed by atoms with Crippen molar-refractivity contribution in [2.45, 2.75) is 25.8 Å². The highest BCUT2D eigenvalue weighted by Crippen LogP contribution is 2.38. The van der Waals surface area contributed by atoms with Crippen LogP contribution in [0, 0.1) is 17.7 Å². The summed E-state index contributed by atoms with van der Waals surface area (Å²) in [5.41, 5.74) is 7.75. The number of halogens is 2. The fourth-order valence-corrected chi connectivity index (χ4v) is 4.61. The molecule has 156 valence electrons. The first-order chi connectivity index (χ1) is 14.6. The number of pyridine rings is 1. The van der Waals surface area contributed by atoms with Gasteiger partial charge in [0.1, 0.15) is 11.6 Å². The highest BCUT2D eigenvalue weighted by atomic mass is 35.5. The summed E-state index contributed by atoms with van der Waals surface area (Å²) in [7, 11) is 0. The lowest BCUT2D eigenvalue weighted by atomic mass is 10.0. The van der Waals surface area contributed by atoms with Gasteiger partial charge in [-0.2, -0.15) is 0 Å². The van der Waals surface area contributed by atoms with Crippen LogP contribution in [0.3, 0.4) is 0 Å². The first-order valence-corrected chi connectivity index (χ1v) is 10.6. The second kappa shape index (κ2) is 9.49. The van der Waals surface area contributed by atoms with Crippen LogP contribution in [0.5, 0.6) is 0 Å². The maximum atomic E-state index is 13.0. The van der Waals surface area contributed by atoms with Crippen molar-refractivity contribution in [3.8, 4) is 11.3 Å². The molecule has 0 radical (unpaired) electrons. The number of benzene rings is 1. The summed E-state index contributed by atoms with van der Waals surface area (Å²) in [5, 5.41) is 7.92. The summed E-state index contributed by atoms with van der Waals surface area (Å²) < 4.78 is 13.0. The maximum absolute atomic E-state index is 13.0. The highest BCUT2D eigenvalue weighted by molar-refractivity contribution is 6.33. The first-order valence-electron chi connectivity index (χ1n) is 10.2. The van der Waals surface area contributed by atoms with E-state index in [-0.39, 0.29) is 5.82 Å². The predicted molar refractivity (Wildman–Crippen MR) is 117 cm³/mol. The number of hydrogen-bond donors (Lipinski definition) is 1. The average molecular weight is 426 g/mol. The molecule has 1 saturated heterocycles. The van der Waals surface area contributed by atoms with E-state index in [0.717, 1.165) is 18.4 Å². The van der Waals surface area contributed by atoms with Crippen molar-refractivity contribution in [3.05, 3.63) is 71.3 Å². The monoisotopic (exact) mass is 425 g/mol. The van der Waals surface area contributed by atoms with Crippen molar-refractivity contribution in [2.24, 2.45) is 11.8 Å². The van der Waals surface area contributed by atoms with Crippen LogP contribution in [0.1, 0.15) is 24.8 Å². The van der Waals surface area contributed by atoms with Gasteiger partial charge in [-0.15, -0.1) is 10.2 Å². The number of hydrogen-bond acceptors (Lipinski definition) is 5. The topological polar surface area (TPSA) is 67.9 Å². The summed E-state index contributed by atoms with van der Waals surface area (Å²) in [4.78, 5) is 6.77. The predicted octanol–water partition coefficient (Wildman–Crippen LogP) is 4.83. The zero-order valence-corrected chi connectivity index (χ0v) is 17.5. The molecule has 0 spiro atoms. The molecule has 0 unspecified atom stereocenters. The van der Waals surface area contributed by atoms with Crippen LogP contribution in [-0.2, 0) is 6.54 Å². The standard InChI is InChI=1S/C13H18N2.C10H7ClFN3/c1-4-12-9-15(10-13(12)5-1)8-11-3-2-6-14-7-11;11-8-2-1-6(12)5-7(8)9-3-4-10(13)15-14-9/h2-3,6-7,12-13H,1,4-5,8-10H2;1-5H,(H2,13,15)/t12-,13+;. The Morgan fingerprint density at radius 3 is 2.53 bits per heavy atom. The van der Waals surface area contributed by atoms with E-state index >= 15 is 0 Å². The summed E-state index contributed by atoms with van der Waals surface area (Å²) >= 11 is 5.90. The third kappa shape index (κ3) is 5.12. The van der Waals surface area contributed by atoms with Crippen molar-refractivity contribution in [1.29, 1.82) is 0 Å². The van der Waals surface area contributed by atoms with Crippen molar-refractivity contribution in [1.82, 2.24) is 20.1 Å². The molecular formula is C23H25ClFN5. The molecule has 1 aromatic carbocycles. The molecule has 1 aliphatic heterocycles. The van der Waals surface area contributed by atoms with Gasteiger partial charge in [0, 0.05) is 37.6 Å². The van der Waals surface area contributed by atoms with Gasteiger partial charge in [0.15, 0.2) is 0 Å². The molecule has 7 heteroatoms. The number of nitrogens with two attached hydrogens (primary N) is 1. The molecule has 3 aromatic rings. The minimum atomic E-state index is -0.368. The minimum absolute atomic E-state index is 0.311. The van der Waals surface area contributed by atoms with Gasteiger partial charge in [-0.3, -0.25) is 9.88 Å². The molecule has 2 aromatic heterocycles. The molecule has 2 N–H and O–H groups in total. The quantitative estimate of drug-likeness (QED) is 0.650. The van der Waals surface area contributed by atoms with Crippen LogP contribution < -0.4 is 5.73 Å². The number of nitrogens with zero attached hydrogens (tertiary/aromatic N) is 4. The molecular weight excluding hydrogens is 401 g/mol. The first kappa shape index (κ1) is 20.7. The molecule has 0 amide bonds. The molecule has 1 aliphatic carbocycles.